The number of carbonyl (C=O) groups excluding carboxylic acids is 1. The number of unbranched alkanes of at least 4 members (excludes halogenated alkanes) is 5. The van der Waals surface area contributed by atoms with E-state index < -0.39 is 6.29 Å². The van der Waals surface area contributed by atoms with Gasteiger partial charge in [0.05, 0.1) is 6.61 Å². The van der Waals surface area contributed by atoms with Crippen LogP contribution in [0.15, 0.2) is 12.2 Å². The molecule has 1 atom stereocenters. The van der Waals surface area contributed by atoms with Crippen LogP contribution in [0.3, 0.4) is 0 Å². The number of hydrogen-bond donors (Lipinski definition) is 0. The first-order valence-corrected chi connectivity index (χ1v) is 7.47. The van der Waals surface area contributed by atoms with E-state index in [1.54, 1.807) is 6.92 Å². The van der Waals surface area contributed by atoms with Crippen LogP contribution in [0.1, 0.15) is 66.2 Å². The van der Waals surface area contributed by atoms with Crippen molar-refractivity contribution in [2.75, 3.05) is 6.61 Å². The Hall–Kier alpha value is -0.830. The zero-order valence-corrected chi connectivity index (χ0v) is 13.0. The van der Waals surface area contributed by atoms with Crippen LogP contribution in [-0.4, -0.2) is 18.9 Å². The second-order valence-electron chi connectivity index (χ2n) is 5.44. The standard InChI is InChI=1S/C16H30O3/c1-6-7-8-9-10-11-12-18-16(14(4)5)19-15(17)13(2)3/h14,16H,2,6-12H2,1,3-5H3. The fourth-order valence-electron chi connectivity index (χ4n) is 1.65. The molecular formula is C16H30O3. The molecule has 0 amide bonds. The van der Waals surface area contributed by atoms with Crippen LogP contribution in [0.2, 0.25) is 0 Å². The highest BCUT2D eigenvalue weighted by atomic mass is 16.7. The molecule has 0 aromatic carbocycles. The Morgan fingerprint density at radius 2 is 1.68 bits per heavy atom. The molecule has 0 aromatic rings. The van der Waals surface area contributed by atoms with Gasteiger partial charge in [0.15, 0.2) is 0 Å². The van der Waals surface area contributed by atoms with Gasteiger partial charge in [-0.05, 0) is 13.3 Å². The average molecular weight is 270 g/mol. The van der Waals surface area contributed by atoms with Crippen LogP contribution < -0.4 is 0 Å². The van der Waals surface area contributed by atoms with E-state index in [9.17, 15) is 4.79 Å². The van der Waals surface area contributed by atoms with E-state index in [1.807, 2.05) is 13.8 Å². The fourth-order valence-corrected chi connectivity index (χ4v) is 1.65. The van der Waals surface area contributed by atoms with Crippen molar-refractivity contribution in [2.24, 2.45) is 5.92 Å². The Bertz CT molecular complexity index is 259. The molecule has 112 valence electrons. The van der Waals surface area contributed by atoms with E-state index >= 15 is 0 Å². The quantitative estimate of drug-likeness (QED) is 0.240. The first-order valence-electron chi connectivity index (χ1n) is 7.47. The molecule has 0 saturated carbocycles. The molecule has 3 heteroatoms. The van der Waals surface area contributed by atoms with E-state index in [0.717, 1.165) is 6.42 Å². The molecule has 0 radical (unpaired) electrons. The van der Waals surface area contributed by atoms with Gasteiger partial charge in [-0.15, -0.1) is 0 Å². The van der Waals surface area contributed by atoms with Crippen molar-refractivity contribution in [1.29, 1.82) is 0 Å². The number of carbonyl (C=O) groups is 1. The van der Waals surface area contributed by atoms with Crippen LogP contribution in [0.25, 0.3) is 0 Å². The smallest absolute Gasteiger partial charge is 0.335 e. The number of esters is 1. The maximum atomic E-state index is 11.5. The predicted molar refractivity (Wildman–Crippen MR) is 78.9 cm³/mol. The lowest BCUT2D eigenvalue weighted by atomic mass is 10.1. The van der Waals surface area contributed by atoms with Crippen molar-refractivity contribution < 1.29 is 14.3 Å². The Morgan fingerprint density at radius 1 is 1.11 bits per heavy atom. The van der Waals surface area contributed by atoms with Gasteiger partial charge in [-0.2, -0.15) is 0 Å². The van der Waals surface area contributed by atoms with Crippen molar-refractivity contribution >= 4 is 5.97 Å². The summed E-state index contributed by atoms with van der Waals surface area (Å²) in [6, 6.07) is 0. The Morgan fingerprint density at radius 3 is 2.21 bits per heavy atom. The van der Waals surface area contributed by atoms with E-state index in [4.69, 9.17) is 9.47 Å². The van der Waals surface area contributed by atoms with Crippen LogP contribution >= 0.6 is 0 Å². The largest absolute Gasteiger partial charge is 0.432 e. The molecule has 0 heterocycles. The minimum absolute atomic E-state index is 0.156. The zero-order valence-electron chi connectivity index (χ0n) is 13.0. The first-order chi connectivity index (χ1) is 8.99. The van der Waals surface area contributed by atoms with Gasteiger partial charge in [0.1, 0.15) is 0 Å². The summed E-state index contributed by atoms with van der Waals surface area (Å²) in [5.74, 6) is -0.218. The molecule has 0 aliphatic heterocycles. The van der Waals surface area contributed by atoms with E-state index in [1.165, 1.54) is 32.1 Å². The first kappa shape index (κ1) is 18.2. The van der Waals surface area contributed by atoms with Gasteiger partial charge in [0.25, 0.3) is 0 Å². The maximum Gasteiger partial charge on any atom is 0.335 e. The summed E-state index contributed by atoms with van der Waals surface area (Å²) in [5, 5.41) is 0. The highest BCUT2D eigenvalue weighted by molar-refractivity contribution is 5.87. The fraction of sp³-hybridized carbons (Fsp3) is 0.812. The van der Waals surface area contributed by atoms with Crippen molar-refractivity contribution in [3.63, 3.8) is 0 Å². The second kappa shape index (κ2) is 11.0. The van der Waals surface area contributed by atoms with Gasteiger partial charge in [-0.1, -0.05) is 59.5 Å². The van der Waals surface area contributed by atoms with Gasteiger partial charge in [0.2, 0.25) is 6.29 Å². The monoisotopic (exact) mass is 270 g/mol. The molecule has 0 aliphatic rings. The molecule has 0 aliphatic carbocycles. The van der Waals surface area contributed by atoms with Crippen molar-refractivity contribution in [1.82, 2.24) is 0 Å². The van der Waals surface area contributed by atoms with Crippen LogP contribution in [0.5, 0.6) is 0 Å². The lowest BCUT2D eigenvalue weighted by Crippen LogP contribution is -2.27. The molecular weight excluding hydrogens is 240 g/mol. The lowest BCUT2D eigenvalue weighted by Gasteiger charge is -2.21. The Kier molecular flexibility index (Phi) is 10.6. The number of hydrogen-bond acceptors (Lipinski definition) is 3. The summed E-state index contributed by atoms with van der Waals surface area (Å²) in [4.78, 5) is 11.5. The molecule has 0 bridgehead atoms. The lowest BCUT2D eigenvalue weighted by molar-refractivity contribution is -0.184. The van der Waals surface area contributed by atoms with Gasteiger partial charge in [-0.3, -0.25) is 0 Å². The molecule has 3 nitrogen and oxygen atoms in total. The van der Waals surface area contributed by atoms with Gasteiger partial charge in [0, 0.05) is 11.5 Å². The molecule has 0 aromatic heterocycles. The van der Waals surface area contributed by atoms with Gasteiger partial charge < -0.3 is 9.47 Å². The maximum absolute atomic E-state index is 11.5. The summed E-state index contributed by atoms with van der Waals surface area (Å²) in [6.45, 7) is 12.1. The van der Waals surface area contributed by atoms with Gasteiger partial charge >= 0.3 is 5.97 Å². The third-order valence-electron chi connectivity index (χ3n) is 2.90. The molecule has 0 rings (SSSR count). The van der Waals surface area contributed by atoms with Crippen LogP contribution in [0.4, 0.5) is 0 Å². The molecule has 19 heavy (non-hydrogen) atoms. The zero-order chi connectivity index (χ0) is 14.7. The van der Waals surface area contributed by atoms with Crippen molar-refractivity contribution in [3.05, 3.63) is 12.2 Å². The normalized spacial score (nSPS) is 12.5. The summed E-state index contributed by atoms with van der Waals surface area (Å²) < 4.78 is 10.9. The number of ether oxygens (including phenoxy) is 2. The molecule has 0 fully saturated rings. The number of rotatable bonds is 11. The molecule has 1 unspecified atom stereocenters. The van der Waals surface area contributed by atoms with E-state index in [2.05, 4.69) is 13.5 Å². The topological polar surface area (TPSA) is 35.5 Å². The Balaban J connectivity index is 3.77. The van der Waals surface area contributed by atoms with E-state index in [-0.39, 0.29) is 11.9 Å². The second-order valence-corrected chi connectivity index (χ2v) is 5.44. The predicted octanol–water partition coefficient (Wildman–Crippen LogP) is 4.46. The molecule has 0 spiro atoms. The third kappa shape index (κ3) is 9.71. The average Bonchev–Trinajstić information content (AvgIpc) is 2.35. The Labute approximate surface area is 118 Å². The highest BCUT2D eigenvalue weighted by Gasteiger charge is 2.18. The molecule has 0 N–H and O–H groups in total. The minimum atomic E-state index is -0.458. The summed E-state index contributed by atoms with van der Waals surface area (Å²) in [7, 11) is 0. The SMILES string of the molecule is C=C(C)C(=O)OC(OCCCCCCCC)C(C)C. The minimum Gasteiger partial charge on any atom is -0.432 e. The van der Waals surface area contributed by atoms with Gasteiger partial charge in [-0.25, -0.2) is 4.79 Å². The third-order valence-corrected chi connectivity index (χ3v) is 2.90. The van der Waals surface area contributed by atoms with Crippen LogP contribution in [0, 0.1) is 5.92 Å². The van der Waals surface area contributed by atoms with Crippen molar-refractivity contribution in [3.8, 4) is 0 Å². The van der Waals surface area contributed by atoms with Crippen LogP contribution in [-0.2, 0) is 14.3 Å². The summed E-state index contributed by atoms with van der Waals surface area (Å²) in [5.41, 5.74) is 0.411. The molecule has 0 saturated heterocycles. The van der Waals surface area contributed by atoms with E-state index in [0.29, 0.717) is 12.2 Å². The summed E-state index contributed by atoms with van der Waals surface area (Å²) in [6.07, 6.45) is 6.88. The van der Waals surface area contributed by atoms with Crippen molar-refractivity contribution in [2.45, 2.75) is 72.5 Å². The summed E-state index contributed by atoms with van der Waals surface area (Å²) >= 11 is 0. The highest BCUT2D eigenvalue weighted by Crippen LogP contribution is 2.12.